The summed E-state index contributed by atoms with van der Waals surface area (Å²) >= 11 is 0. The summed E-state index contributed by atoms with van der Waals surface area (Å²) in [5.74, 6) is -0.167. The fourth-order valence-corrected chi connectivity index (χ4v) is 4.19. The van der Waals surface area contributed by atoms with Crippen molar-refractivity contribution in [1.82, 2.24) is 19.7 Å². The van der Waals surface area contributed by atoms with Gasteiger partial charge in [0.25, 0.3) is 5.91 Å². The topological polar surface area (TPSA) is 121 Å². The van der Waals surface area contributed by atoms with E-state index in [0.29, 0.717) is 48.4 Å². The van der Waals surface area contributed by atoms with Crippen molar-refractivity contribution in [3.8, 4) is 0 Å². The first-order valence-corrected chi connectivity index (χ1v) is 9.46. The molecule has 1 aromatic carbocycles. The second kappa shape index (κ2) is 6.56. The molecule has 0 spiro atoms. The number of aliphatic hydroxyl groups is 1. The quantitative estimate of drug-likeness (QED) is 0.628. The van der Waals surface area contributed by atoms with Gasteiger partial charge in [0.15, 0.2) is 0 Å². The third kappa shape index (κ3) is 2.82. The Kier molecular flexibility index (Phi) is 3.99. The van der Waals surface area contributed by atoms with E-state index in [-0.39, 0.29) is 11.9 Å². The van der Waals surface area contributed by atoms with Gasteiger partial charge in [-0.25, -0.2) is 4.79 Å². The molecule has 29 heavy (non-hydrogen) atoms. The average Bonchev–Trinajstić information content (AvgIpc) is 3.35. The van der Waals surface area contributed by atoms with E-state index in [1.807, 2.05) is 6.07 Å². The second-order valence-corrected chi connectivity index (χ2v) is 7.40. The lowest BCUT2D eigenvalue weighted by atomic mass is 10.00. The largest absolute Gasteiger partial charge is 0.465 e. The van der Waals surface area contributed by atoms with Crippen molar-refractivity contribution in [2.45, 2.75) is 25.0 Å². The Morgan fingerprint density at radius 1 is 1.24 bits per heavy atom. The molecule has 1 saturated heterocycles. The first-order valence-electron chi connectivity index (χ1n) is 9.46. The van der Waals surface area contributed by atoms with Crippen LogP contribution in [-0.2, 0) is 0 Å². The van der Waals surface area contributed by atoms with Gasteiger partial charge in [-0.2, -0.15) is 5.10 Å². The molecule has 9 nitrogen and oxygen atoms in total. The van der Waals surface area contributed by atoms with Crippen LogP contribution in [0.15, 0.2) is 36.8 Å². The highest BCUT2D eigenvalue weighted by molar-refractivity contribution is 6.24. The van der Waals surface area contributed by atoms with Crippen LogP contribution in [0.4, 0.5) is 10.5 Å². The molecular formula is C20H19N5O4. The number of hydrogen-bond donors (Lipinski definition) is 3. The molecule has 4 heterocycles. The Morgan fingerprint density at radius 2 is 2.03 bits per heavy atom. The third-order valence-electron chi connectivity index (χ3n) is 5.74. The number of likely N-dealkylation sites (tertiary alicyclic amines) is 1. The molecule has 1 fully saturated rings. The molecule has 3 aromatic rings. The van der Waals surface area contributed by atoms with Crippen LogP contribution >= 0.6 is 0 Å². The van der Waals surface area contributed by atoms with Gasteiger partial charge in [0, 0.05) is 41.2 Å². The molecule has 148 valence electrons. The molecular weight excluding hydrogens is 374 g/mol. The molecule has 0 bridgehead atoms. The van der Waals surface area contributed by atoms with Crippen LogP contribution in [0, 0.1) is 0 Å². The first kappa shape index (κ1) is 17.6. The summed E-state index contributed by atoms with van der Waals surface area (Å²) in [6.07, 6.45) is 4.45. The fraction of sp³-hybridized carbons (Fsp3) is 0.300. The minimum absolute atomic E-state index is 0.0918. The molecule has 2 amide bonds. The number of anilines is 1. The maximum atomic E-state index is 12.1. The zero-order valence-electron chi connectivity index (χ0n) is 15.4. The molecule has 3 N–H and O–H groups in total. The van der Waals surface area contributed by atoms with Crippen LogP contribution in [0.3, 0.4) is 0 Å². The van der Waals surface area contributed by atoms with Gasteiger partial charge >= 0.3 is 6.09 Å². The summed E-state index contributed by atoms with van der Waals surface area (Å²) in [5.41, 5.74) is 2.31. The lowest BCUT2D eigenvalue weighted by Crippen LogP contribution is -2.38. The Bertz CT molecular complexity index is 1130. The van der Waals surface area contributed by atoms with E-state index in [1.165, 1.54) is 4.90 Å². The van der Waals surface area contributed by atoms with Crippen molar-refractivity contribution < 1.29 is 19.8 Å². The van der Waals surface area contributed by atoms with E-state index < -0.39 is 12.2 Å². The highest BCUT2D eigenvalue weighted by Crippen LogP contribution is 2.37. The van der Waals surface area contributed by atoms with Crippen LogP contribution in [0.2, 0.25) is 0 Å². The van der Waals surface area contributed by atoms with E-state index in [1.54, 1.807) is 35.4 Å². The SMILES string of the molecule is O=C1Nc2cnc(C(O)c3cnn(C4CCN(C(=O)O)CC4)c3)c3cccc1c23. The van der Waals surface area contributed by atoms with E-state index in [0.717, 1.165) is 10.8 Å². The molecule has 0 aliphatic carbocycles. The smallest absolute Gasteiger partial charge is 0.407 e. The molecule has 1 unspecified atom stereocenters. The summed E-state index contributed by atoms with van der Waals surface area (Å²) in [6, 6.07) is 5.48. The Labute approximate surface area is 165 Å². The zero-order valence-corrected chi connectivity index (χ0v) is 15.4. The van der Waals surface area contributed by atoms with Gasteiger partial charge in [-0.3, -0.25) is 14.5 Å². The number of piperidine rings is 1. The minimum atomic E-state index is -0.983. The van der Waals surface area contributed by atoms with E-state index in [9.17, 15) is 14.7 Å². The number of carboxylic acid groups (broad SMARTS) is 1. The fourth-order valence-electron chi connectivity index (χ4n) is 4.19. The summed E-state index contributed by atoms with van der Waals surface area (Å²) in [6.45, 7) is 0.935. The lowest BCUT2D eigenvalue weighted by molar-refractivity contribution is 0.103. The molecule has 0 radical (unpaired) electrons. The number of aliphatic hydroxyl groups excluding tert-OH is 1. The summed E-state index contributed by atoms with van der Waals surface area (Å²) in [4.78, 5) is 29.0. The van der Waals surface area contributed by atoms with E-state index in [4.69, 9.17) is 5.11 Å². The van der Waals surface area contributed by atoms with Crippen molar-refractivity contribution >= 4 is 28.5 Å². The standard InChI is InChI=1S/C20H19N5O4/c26-18(11-8-22-25(10-11)12-4-6-24(7-5-12)20(28)29)17-13-2-1-3-14-16(13)15(9-21-17)23-19(14)27/h1-3,8-10,12,18,26H,4-7H2,(H,23,27)(H,28,29). The van der Waals surface area contributed by atoms with Gasteiger partial charge in [0.2, 0.25) is 0 Å². The maximum Gasteiger partial charge on any atom is 0.407 e. The van der Waals surface area contributed by atoms with Crippen molar-refractivity contribution in [3.63, 3.8) is 0 Å². The predicted octanol–water partition coefficient (Wildman–Crippen LogP) is 2.39. The number of aromatic nitrogens is 3. The predicted molar refractivity (Wildman–Crippen MR) is 104 cm³/mol. The molecule has 9 heteroatoms. The third-order valence-corrected chi connectivity index (χ3v) is 5.74. The summed E-state index contributed by atoms with van der Waals surface area (Å²) in [5, 5.41) is 28.7. The van der Waals surface area contributed by atoms with Gasteiger partial charge < -0.3 is 20.4 Å². The first-order chi connectivity index (χ1) is 14.0. The number of carbonyl (C=O) groups is 2. The van der Waals surface area contributed by atoms with Crippen LogP contribution < -0.4 is 5.32 Å². The zero-order chi connectivity index (χ0) is 20.1. The number of nitrogens with zero attached hydrogens (tertiary/aromatic N) is 4. The van der Waals surface area contributed by atoms with E-state index in [2.05, 4.69) is 15.4 Å². The minimum Gasteiger partial charge on any atom is -0.465 e. The van der Waals surface area contributed by atoms with Gasteiger partial charge in [0.05, 0.1) is 29.8 Å². The Balaban J connectivity index is 1.43. The molecule has 2 aromatic heterocycles. The van der Waals surface area contributed by atoms with Crippen molar-refractivity contribution in [2.75, 3.05) is 18.4 Å². The summed E-state index contributed by atoms with van der Waals surface area (Å²) < 4.78 is 1.79. The van der Waals surface area contributed by atoms with Gasteiger partial charge in [-0.05, 0) is 18.9 Å². The second-order valence-electron chi connectivity index (χ2n) is 7.40. The lowest BCUT2D eigenvalue weighted by Gasteiger charge is -2.30. The molecule has 2 aliphatic rings. The number of hydrogen-bond acceptors (Lipinski definition) is 5. The van der Waals surface area contributed by atoms with E-state index >= 15 is 0 Å². The number of rotatable bonds is 3. The number of carbonyl (C=O) groups excluding carboxylic acids is 1. The van der Waals surface area contributed by atoms with Crippen LogP contribution in [0.1, 0.15) is 46.6 Å². The van der Waals surface area contributed by atoms with Gasteiger partial charge in [0.1, 0.15) is 6.10 Å². The Morgan fingerprint density at radius 3 is 2.79 bits per heavy atom. The van der Waals surface area contributed by atoms with Crippen molar-refractivity contribution in [1.29, 1.82) is 0 Å². The highest BCUT2D eigenvalue weighted by Gasteiger charge is 2.27. The van der Waals surface area contributed by atoms with Gasteiger partial charge in [-0.1, -0.05) is 12.1 Å². The average molecular weight is 393 g/mol. The van der Waals surface area contributed by atoms with Crippen LogP contribution in [0.25, 0.3) is 10.8 Å². The van der Waals surface area contributed by atoms with Crippen LogP contribution in [-0.4, -0.2) is 55.0 Å². The van der Waals surface area contributed by atoms with Crippen molar-refractivity contribution in [3.05, 3.63) is 53.6 Å². The molecule has 0 saturated carbocycles. The Hall–Kier alpha value is -3.46. The maximum absolute atomic E-state index is 12.1. The monoisotopic (exact) mass is 393 g/mol. The van der Waals surface area contributed by atoms with Gasteiger partial charge in [-0.15, -0.1) is 0 Å². The highest BCUT2D eigenvalue weighted by atomic mass is 16.4. The summed E-state index contributed by atoms with van der Waals surface area (Å²) in [7, 11) is 0. The normalized spacial score (nSPS) is 17.6. The number of nitrogens with one attached hydrogen (secondary N) is 1. The number of pyridine rings is 1. The van der Waals surface area contributed by atoms with Crippen molar-refractivity contribution in [2.24, 2.45) is 0 Å². The molecule has 2 aliphatic heterocycles. The van der Waals surface area contributed by atoms with Crippen LogP contribution in [0.5, 0.6) is 0 Å². The molecule has 5 rings (SSSR count). The number of amides is 2. The molecule has 1 atom stereocenters. The number of benzene rings is 1.